The van der Waals surface area contributed by atoms with E-state index in [9.17, 15) is 9.59 Å². The van der Waals surface area contributed by atoms with Crippen LogP contribution >= 0.6 is 0 Å². The average Bonchev–Trinajstić information content (AvgIpc) is 3.17. The van der Waals surface area contributed by atoms with Gasteiger partial charge in [0.15, 0.2) is 0 Å². The van der Waals surface area contributed by atoms with Crippen LogP contribution in [0.15, 0.2) is 72.9 Å². The lowest BCUT2D eigenvalue weighted by Crippen LogP contribution is -2.41. The molecule has 0 saturated carbocycles. The van der Waals surface area contributed by atoms with Crippen molar-refractivity contribution in [2.45, 2.75) is 13.0 Å². The molecule has 0 aliphatic rings. The third-order valence-electron chi connectivity index (χ3n) is 4.83. The summed E-state index contributed by atoms with van der Waals surface area (Å²) in [5.41, 5.74) is 7.51. The maximum atomic E-state index is 12.3. The predicted molar refractivity (Wildman–Crippen MR) is 119 cm³/mol. The Labute approximate surface area is 178 Å². The van der Waals surface area contributed by atoms with E-state index in [-0.39, 0.29) is 5.69 Å². The van der Waals surface area contributed by atoms with Gasteiger partial charge in [-0.2, -0.15) is 5.26 Å². The van der Waals surface area contributed by atoms with Crippen LogP contribution in [0.2, 0.25) is 0 Å². The van der Waals surface area contributed by atoms with Crippen molar-refractivity contribution in [2.24, 2.45) is 0 Å². The monoisotopic (exact) mass is 409 g/mol. The molecule has 2 N–H and O–H groups in total. The molecule has 7 heteroatoms. The van der Waals surface area contributed by atoms with Crippen molar-refractivity contribution in [1.29, 1.82) is 5.26 Å². The van der Waals surface area contributed by atoms with Crippen molar-refractivity contribution < 1.29 is 9.59 Å². The number of nitrogens with one attached hydrogen (secondary N) is 2. The van der Waals surface area contributed by atoms with Crippen LogP contribution in [0.5, 0.6) is 0 Å². The number of carbonyl (C=O) groups is 2. The molecule has 2 aromatic carbocycles. The first-order valence-corrected chi connectivity index (χ1v) is 9.75. The Morgan fingerprint density at radius 2 is 1.84 bits per heavy atom. The maximum absolute atomic E-state index is 12.3. The minimum atomic E-state index is -0.499. The summed E-state index contributed by atoms with van der Waals surface area (Å²) in [7, 11) is 0. The molecule has 0 spiro atoms. The fourth-order valence-electron chi connectivity index (χ4n) is 3.35. The van der Waals surface area contributed by atoms with Gasteiger partial charge in [0.1, 0.15) is 5.69 Å². The standard InChI is InChI=1S/C24H19N5O2/c25-14-5-15-29-16-18(19-7-2-4-9-22(19)29)11-13-23(30)27-28-24(31)21-12-10-17-6-1-3-8-20(17)26-21/h1-4,6-13,16H,5,15H2,(H,27,30)(H,28,31). The summed E-state index contributed by atoms with van der Waals surface area (Å²) >= 11 is 0. The third kappa shape index (κ3) is 4.43. The van der Waals surface area contributed by atoms with Crippen molar-refractivity contribution in [3.05, 3.63) is 84.2 Å². The molecule has 2 heterocycles. The molecule has 7 nitrogen and oxygen atoms in total. The van der Waals surface area contributed by atoms with Crippen molar-refractivity contribution in [1.82, 2.24) is 20.4 Å². The van der Waals surface area contributed by atoms with Gasteiger partial charge >= 0.3 is 0 Å². The van der Waals surface area contributed by atoms with Gasteiger partial charge in [-0.05, 0) is 24.3 Å². The van der Waals surface area contributed by atoms with Crippen molar-refractivity contribution in [2.75, 3.05) is 0 Å². The number of hydrazine groups is 1. The molecule has 0 saturated heterocycles. The van der Waals surface area contributed by atoms with Crippen LogP contribution in [0.1, 0.15) is 22.5 Å². The Kier molecular flexibility index (Phi) is 5.72. The molecule has 0 aliphatic carbocycles. The van der Waals surface area contributed by atoms with E-state index in [1.165, 1.54) is 6.08 Å². The number of aryl methyl sites for hydroxylation is 1. The number of hydrogen-bond donors (Lipinski definition) is 2. The Hall–Kier alpha value is -4.44. The maximum Gasteiger partial charge on any atom is 0.288 e. The topological polar surface area (TPSA) is 99.8 Å². The van der Waals surface area contributed by atoms with Gasteiger partial charge in [0.05, 0.1) is 18.0 Å². The van der Waals surface area contributed by atoms with Crippen molar-refractivity contribution >= 4 is 39.7 Å². The number of carbonyl (C=O) groups excluding carboxylic acids is 2. The number of aromatic nitrogens is 2. The molecular formula is C24H19N5O2. The van der Waals surface area contributed by atoms with Crippen LogP contribution in [0.4, 0.5) is 0 Å². The highest BCUT2D eigenvalue weighted by molar-refractivity contribution is 5.99. The minimum absolute atomic E-state index is 0.212. The molecule has 31 heavy (non-hydrogen) atoms. The van der Waals surface area contributed by atoms with Gasteiger partial charge in [-0.25, -0.2) is 4.98 Å². The number of rotatable bonds is 5. The number of fused-ring (bicyclic) bond motifs is 2. The van der Waals surface area contributed by atoms with Crippen LogP contribution < -0.4 is 10.9 Å². The first-order valence-electron chi connectivity index (χ1n) is 9.75. The highest BCUT2D eigenvalue weighted by atomic mass is 16.2. The zero-order valence-electron chi connectivity index (χ0n) is 16.6. The summed E-state index contributed by atoms with van der Waals surface area (Å²) in [5.74, 6) is -0.969. The number of benzene rings is 2. The Morgan fingerprint density at radius 3 is 2.71 bits per heavy atom. The normalized spacial score (nSPS) is 10.9. The average molecular weight is 409 g/mol. The third-order valence-corrected chi connectivity index (χ3v) is 4.83. The molecule has 0 radical (unpaired) electrons. The second-order valence-corrected chi connectivity index (χ2v) is 6.87. The Bertz CT molecular complexity index is 1350. The Morgan fingerprint density at radius 1 is 1.03 bits per heavy atom. The van der Waals surface area contributed by atoms with Gasteiger partial charge in [0, 0.05) is 40.7 Å². The van der Waals surface area contributed by atoms with E-state index in [0.717, 1.165) is 21.9 Å². The van der Waals surface area contributed by atoms with Gasteiger partial charge in [-0.3, -0.25) is 20.4 Å². The van der Waals surface area contributed by atoms with Gasteiger partial charge < -0.3 is 4.57 Å². The van der Waals surface area contributed by atoms with Crippen LogP contribution in [-0.2, 0) is 11.3 Å². The van der Waals surface area contributed by atoms with E-state index < -0.39 is 11.8 Å². The number of hydrogen-bond acceptors (Lipinski definition) is 4. The first kappa shape index (κ1) is 19.9. The molecule has 2 amide bonds. The summed E-state index contributed by atoms with van der Waals surface area (Å²) < 4.78 is 1.99. The molecule has 4 aromatic rings. The zero-order valence-corrected chi connectivity index (χ0v) is 16.6. The largest absolute Gasteiger partial charge is 0.346 e. The lowest BCUT2D eigenvalue weighted by molar-refractivity contribution is -0.117. The second-order valence-electron chi connectivity index (χ2n) is 6.87. The molecule has 0 bridgehead atoms. The van der Waals surface area contributed by atoms with Crippen LogP contribution in [0.25, 0.3) is 27.9 Å². The molecule has 2 aromatic heterocycles. The summed E-state index contributed by atoms with van der Waals surface area (Å²) in [4.78, 5) is 28.8. The Balaban J connectivity index is 1.42. The molecule has 0 aliphatic heterocycles. The van der Waals surface area contributed by atoms with Crippen molar-refractivity contribution in [3.63, 3.8) is 0 Å². The molecule has 0 atom stereocenters. The quantitative estimate of drug-likeness (QED) is 0.389. The molecule has 4 rings (SSSR count). The van der Waals surface area contributed by atoms with E-state index in [2.05, 4.69) is 21.9 Å². The molecule has 0 fully saturated rings. The van der Waals surface area contributed by atoms with Gasteiger partial charge in [0.2, 0.25) is 0 Å². The molecule has 0 unspecified atom stereocenters. The van der Waals surface area contributed by atoms with Crippen LogP contribution in [-0.4, -0.2) is 21.4 Å². The fraction of sp³-hybridized carbons (Fsp3) is 0.0833. The highest BCUT2D eigenvalue weighted by Crippen LogP contribution is 2.22. The lowest BCUT2D eigenvalue weighted by Gasteiger charge is -2.05. The van der Waals surface area contributed by atoms with Gasteiger partial charge in [0.25, 0.3) is 11.8 Å². The molecule has 152 valence electrons. The smallest absolute Gasteiger partial charge is 0.288 e. The number of para-hydroxylation sites is 2. The highest BCUT2D eigenvalue weighted by Gasteiger charge is 2.09. The van der Waals surface area contributed by atoms with Gasteiger partial charge in [-0.15, -0.1) is 0 Å². The van der Waals surface area contributed by atoms with E-state index in [1.54, 1.807) is 18.2 Å². The van der Waals surface area contributed by atoms with Crippen LogP contribution in [0, 0.1) is 11.3 Å². The minimum Gasteiger partial charge on any atom is -0.346 e. The SMILES string of the molecule is N#CCCn1cc(C=CC(=O)NNC(=O)c2ccc3ccccc3n2)c2ccccc21. The van der Waals surface area contributed by atoms with Crippen LogP contribution in [0.3, 0.4) is 0 Å². The summed E-state index contributed by atoms with van der Waals surface area (Å²) in [6, 6.07) is 20.8. The molecular weight excluding hydrogens is 390 g/mol. The number of nitrogens with zero attached hydrogens (tertiary/aromatic N) is 3. The summed E-state index contributed by atoms with van der Waals surface area (Å²) in [6.07, 6.45) is 5.34. The number of nitriles is 1. The van der Waals surface area contributed by atoms with Gasteiger partial charge in [-0.1, -0.05) is 42.5 Å². The van der Waals surface area contributed by atoms with Crippen molar-refractivity contribution in [3.8, 4) is 6.07 Å². The number of pyridine rings is 1. The lowest BCUT2D eigenvalue weighted by atomic mass is 10.1. The van der Waals surface area contributed by atoms with E-state index in [4.69, 9.17) is 5.26 Å². The first-order chi connectivity index (χ1) is 15.2. The fourth-order valence-corrected chi connectivity index (χ4v) is 3.35. The predicted octanol–water partition coefficient (Wildman–Crippen LogP) is 3.58. The summed E-state index contributed by atoms with van der Waals surface area (Å²) in [6.45, 7) is 0.575. The van der Waals surface area contributed by atoms with E-state index >= 15 is 0 Å². The van der Waals surface area contributed by atoms with E-state index in [1.807, 2.05) is 59.3 Å². The zero-order chi connectivity index (χ0) is 21.6. The summed E-state index contributed by atoms with van der Waals surface area (Å²) in [5, 5.41) is 10.8. The van der Waals surface area contributed by atoms with E-state index in [0.29, 0.717) is 18.5 Å². The number of amides is 2. The second kappa shape index (κ2) is 8.93.